The Morgan fingerprint density at radius 2 is 1.40 bits per heavy atom. The average molecular weight is 957 g/mol. The zero-order valence-electron chi connectivity index (χ0n) is 39.0. The van der Waals surface area contributed by atoms with Gasteiger partial charge in [-0.3, -0.25) is 4.79 Å². The van der Waals surface area contributed by atoms with Gasteiger partial charge in [-0.2, -0.15) is 0 Å². The highest BCUT2D eigenvalue weighted by molar-refractivity contribution is 5.79. The first-order chi connectivity index (χ1) is 31.2. The Hall–Kier alpha value is -2.25. The number of carbonyl (C=O) groups excluding carboxylic acids is 2. The van der Waals surface area contributed by atoms with Gasteiger partial charge in [0.25, 0.3) is 0 Å². The van der Waals surface area contributed by atoms with Gasteiger partial charge >= 0.3 is 11.9 Å². The largest absolute Gasteiger partial charge is 0.479 e. The molecule has 20 nitrogen and oxygen atoms in total. The van der Waals surface area contributed by atoms with E-state index in [1.54, 1.807) is 6.92 Å². The predicted octanol–water partition coefficient (Wildman–Crippen LogP) is -0.978. The fourth-order valence-corrected chi connectivity index (χ4v) is 14.7. The van der Waals surface area contributed by atoms with E-state index in [0.29, 0.717) is 44.9 Å². The Morgan fingerprint density at radius 1 is 0.731 bits per heavy atom. The molecule has 8 aliphatic rings. The van der Waals surface area contributed by atoms with Gasteiger partial charge in [0.15, 0.2) is 18.7 Å². The summed E-state index contributed by atoms with van der Waals surface area (Å²) in [4.78, 5) is 40.7. The number of ether oxygens (including phenoxy) is 6. The molecule has 4 saturated carbocycles. The lowest BCUT2D eigenvalue weighted by molar-refractivity contribution is -0.360. The summed E-state index contributed by atoms with van der Waals surface area (Å²) in [6.45, 7) is 11.5. The highest BCUT2D eigenvalue weighted by atomic mass is 16.7. The maximum atomic E-state index is 14.7. The molecule has 3 saturated heterocycles. The number of hydrogen-bond acceptors (Lipinski definition) is 19. The van der Waals surface area contributed by atoms with Crippen molar-refractivity contribution in [3.63, 3.8) is 0 Å². The number of aliphatic carboxylic acids is 1. The van der Waals surface area contributed by atoms with E-state index in [-0.39, 0.29) is 23.7 Å². The van der Waals surface area contributed by atoms with Crippen LogP contribution >= 0.6 is 0 Å². The number of aliphatic hydroxyl groups is 10. The van der Waals surface area contributed by atoms with E-state index in [9.17, 15) is 70.6 Å². The third-order valence-electron chi connectivity index (χ3n) is 18.8. The fraction of sp³-hybridized carbons (Fsp3) is 0.894. The van der Waals surface area contributed by atoms with Crippen LogP contribution in [0.25, 0.3) is 0 Å². The first-order valence-corrected chi connectivity index (χ1v) is 23.8. The topological polar surface area (TPSA) is 329 Å². The van der Waals surface area contributed by atoms with E-state index >= 15 is 0 Å². The summed E-state index contributed by atoms with van der Waals surface area (Å²) in [6, 6.07) is 0. The van der Waals surface area contributed by atoms with E-state index in [0.717, 1.165) is 18.3 Å². The smallest absolute Gasteiger partial charge is 0.335 e. The summed E-state index contributed by atoms with van der Waals surface area (Å²) in [6.07, 6.45) is -19.3. The van der Waals surface area contributed by atoms with Crippen molar-refractivity contribution in [1.82, 2.24) is 0 Å². The molecule has 0 spiro atoms. The molecule has 20 heteroatoms. The molecule has 0 unspecified atom stereocenters. The van der Waals surface area contributed by atoms with Gasteiger partial charge in [-0.05, 0) is 97.2 Å². The molecule has 0 amide bonds. The lowest BCUT2D eigenvalue weighted by Gasteiger charge is -2.71. The van der Waals surface area contributed by atoms with Gasteiger partial charge in [-0.15, -0.1) is 0 Å². The molecule has 380 valence electrons. The summed E-state index contributed by atoms with van der Waals surface area (Å²) in [5.41, 5.74) is -3.00. The lowest BCUT2D eigenvalue weighted by atomic mass is 9.33. The van der Waals surface area contributed by atoms with Crippen LogP contribution in [0.4, 0.5) is 0 Å². The van der Waals surface area contributed by atoms with Crippen LogP contribution < -0.4 is 0 Å². The number of carboxylic acid groups (broad SMARTS) is 1. The molecule has 5 aliphatic carbocycles. The van der Waals surface area contributed by atoms with Gasteiger partial charge in [0, 0.05) is 0 Å². The van der Waals surface area contributed by atoms with Crippen molar-refractivity contribution in [2.24, 2.45) is 50.2 Å². The number of fused-ring (bicyclic) bond motifs is 7. The van der Waals surface area contributed by atoms with Gasteiger partial charge in [-0.1, -0.05) is 53.2 Å². The lowest BCUT2D eigenvalue weighted by Crippen LogP contribution is -2.69. The van der Waals surface area contributed by atoms with Gasteiger partial charge in [0.05, 0.1) is 36.3 Å². The molecule has 67 heavy (non-hydrogen) atoms. The molecule has 7 fully saturated rings. The van der Waals surface area contributed by atoms with Crippen LogP contribution in [0.1, 0.15) is 99.3 Å². The molecule has 0 radical (unpaired) electrons. The number of esters is 1. The molecule has 0 aromatic carbocycles. The maximum absolute atomic E-state index is 14.7. The normalized spacial score (nSPS) is 54.0. The van der Waals surface area contributed by atoms with E-state index in [4.69, 9.17) is 28.4 Å². The average Bonchev–Trinajstić information content (AvgIpc) is 3.26. The van der Waals surface area contributed by atoms with Crippen molar-refractivity contribution >= 4 is 18.2 Å². The van der Waals surface area contributed by atoms with Crippen molar-refractivity contribution < 1.29 is 99.0 Å². The zero-order valence-corrected chi connectivity index (χ0v) is 39.0. The minimum Gasteiger partial charge on any atom is -0.479 e. The van der Waals surface area contributed by atoms with Crippen LogP contribution in [0, 0.1) is 50.2 Å². The number of hydrogen-bond donors (Lipinski definition) is 11. The van der Waals surface area contributed by atoms with Crippen LogP contribution in [0.3, 0.4) is 0 Å². The Morgan fingerprint density at radius 3 is 2.06 bits per heavy atom. The van der Waals surface area contributed by atoms with Gasteiger partial charge in [0.1, 0.15) is 67.3 Å². The number of carbonyl (C=O) groups is 3. The van der Waals surface area contributed by atoms with Gasteiger partial charge < -0.3 is 89.4 Å². The summed E-state index contributed by atoms with van der Waals surface area (Å²) in [5, 5.41) is 117. The van der Waals surface area contributed by atoms with Crippen molar-refractivity contribution in [2.45, 2.75) is 198 Å². The van der Waals surface area contributed by atoms with Crippen LogP contribution in [0.15, 0.2) is 11.6 Å². The Kier molecular flexibility index (Phi) is 13.6. The van der Waals surface area contributed by atoms with Crippen LogP contribution in [-0.4, -0.2) is 186 Å². The first kappa shape index (κ1) is 51.1. The van der Waals surface area contributed by atoms with Crippen molar-refractivity contribution in [3.05, 3.63) is 11.6 Å². The third kappa shape index (κ3) is 7.87. The molecule has 3 heterocycles. The summed E-state index contributed by atoms with van der Waals surface area (Å²) in [5.74, 6) is -2.98. The van der Waals surface area contributed by atoms with E-state index in [2.05, 4.69) is 40.7 Å². The van der Waals surface area contributed by atoms with Crippen molar-refractivity contribution in [2.75, 3.05) is 13.2 Å². The standard InChI is InChI=1S/C47H72O20/c1-42(2)11-13-47(41(61)67-39-31(56)29(54)28(53)24(17-48)63-39)14-12-45(5)20(21(47)15-42)7-8-26-43(3)16-22(50)36(44(4,19-49)25(43)9-10-46(26,45)6)66-40-33(58)34(32(57)35(65-40)37(59)60)64-38-30(55)27(52)23(51)18-62-38/h7,19,21-36,38-40,48,50-58H,8-18H2,1-6H3,(H,59,60)/t21-,22-,23+,24+,25+,26+,27-,28-,29-,30+,31+,32-,33+,34-,35-,36-,38-,39-,40-,43-,44-,45+,46+,47-/m0/s1. The Bertz CT molecular complexity index is 1910. The van der Waals surface area contributed by atoms with Crippen LogP contribution in [0.5, 0.6) is 0 Å². The van der Waals surface area contributed by atoms with Crippen molar-refractivity contribution in [1.29, 1.82) is 0 Å². The summed E-state index contributed by atoms with van der Waals surface area (Å²) >= 11 is 0. The summed E-state index contributed by atoms with van der Waals surface area (Å²) in [7, 11) is 0. The van der Waals surface area contributed by atoms with E-state index in [1.165, 1.54) is 0 Å². The highest BCUT2D eigenvalue weighted by Crippen LogP contribution is 2.76. The van der Waals surface area contributed by atoms with Gasteiger partial charge in [0.2, 0.25) is 6.29 Å². The highest BCUT2D eigenvalue weighted by Gasteiger charge is 2.72. The molecule has 3 aliphatic heterocycles. The second-order valence-electron chi connectivity index (χ2n) is 22.9. The number of aldehydes is 1. The van der Waals surface area contributed by atoms with Gasteiger partial charge in [-0.25, -0.2) is 4.79 Å². The van der Waals surface area contributed by atoms with Crippen molar-refractivity contribution in [3.8, 4) is 0 Å². The molecule has 24 atom stereocenters. The molecular weight excluding hydrogens is 884 g/mol. The third-order valence-corrected chi connectivity index (χ3v) is 18.8. The minimum absolute atomic E-state index is 0.0934. The second kappa shape index (κ2) is 17.8. The molecular formula is C47H72O20. The minimum atomic E-state index is -2.04. The molecule has 0 aromatic rings. The number of carboxylic acids is 1. The quantitative estimate of drug-likeness (QED) is 0.0573. The Balaban J connectivity index is 1.06. The first-order valence-electron chi connectivity index (χ1n) is 23.8. The molecule has 8 rings (SSSR count). The molecule has 11 N–H and O–H groups in total. The second-order valence-corrected chi connectivity index (χ2v) is 22.9. The monoisotopic (exact) mass is 956 g/mol. The number of allylic oxidation sites excluding steroid dienone is 2. The number of rotatable bonds is 9. The van der Waals surface area contributed by atoms with Crippen LogP contribution in [0.2, 0.25) is 0 Å². The Labute approximate surface area is 389 Å². The molecule has 0 bridgehead atoms. The van der Waals surface area contributed by atoms with E-state index in [1.807, 2.05) is 0 Å². The molecule has 0 aromatic heterocycles. The SMILES string of the molecule is CC1(C)CC[C@]2(C(=O)O[C@@H]3O[C@H](CO)[C@H](O)[C@H](O)[C@H]3O)CC[C@]3(C)C(=CC[C@@H]4[C@@]5(C)C[C@H](O)[C@H](O[C@@H]6O[C@H](C(=O)O)[C@@H](O)[C@H](O[C@@H]7OC[C@@H](O)[C@H](O)[C@H]7O)[C@H]6O)[C@@](C)(C=O)[C@@H]5CC[C@]43C)[C@@H]2C1. The maximum Gasteiger partial charge on any atom is 0.335 e. The van der Waals surface area contributed by atoms with E-state index < -0.39 is 156 Å². The predicted molar refractivity (Wildman–Crippen MR) is 226 cm³/mol. The summed E-state index contributed by atoms with van der Waals surface area (Å²) < 4.78 is 34.5. The number of aliphatic hydroxyl groups excluding tert-OH is 10. The van der Waals surface area contributed by atoms with Crippen LogP contribution in [-0.2, 0) is 42.8 Å². The fourth-order valence-electron chi connectivity index (χ4n) is 14.7. The zero-order chi connectivity index (χ0) is 49.1.